The van der Waals surface area contributed by atoms with Crippen molar-refractivity contribution in [2.45, 2.75) is 12.5 Å². The van der Waals surface area contributed by atoms with Crippen LogP contribution in [0.1, 0.15) is 22.8 Å². The smallest absolute Gasteiger partial charge is 0.251 e. The molecule has 2 rings (SSSR count). The van der Waals surface area contributed by atoms with Crippen molar-refractivity contribution in [3.63, 3.8) is 0 Å². The molecule has 0 spiro atoms. The number of benzene rings is 1. The summed E-state index contributed by atoms with van der Waals surface area (Å²) in [6.45, 7) is 1.73. The first-order valence-electron chi connectivity index (χ1n) is 6.14. The molecule has 5 nitrogen and oxygen atoms in total. The maximum absolute atomic E-state index is 12.0. The topological polar surface area (TPSA) is 67.2 Å². The summed E-state index contributed by atoms with van der Waals surface area (Å²) < 4.78 is 1.60. The molecule has 0 aliphatic heterocycles. The highest BCUT2D eigenvalue weighted by Crippen LogP contribution is 2.18. The average molecular weight is 294 g/mol. The fraction of sp³-hybridized carbons (Fsp3) is 0.286. The van der Waals surface area contributed by atoms with E-state index in [-0.39, 0.29) is 12.5 Å². The Morgan fingerprint density at radius 2 is 2.10 bits per heavy atom. The number of aryl methyl sites for hydroxylation is 1. The van der Waals surface area contributed by atoms with Gasteiger partial charge in [0.05, 0.1) is 12.7 Å². The molecule has 0 bridgehead atoms. The van der Waals surface area contributed by atoms with Gasteiger partial charge in [0.25, 0.3) is 5.91 Å². The van der Waals surface area contributed by atoms with E-state index < -0.39 is 5.60 Å². The number of nitrogens with zero attached hydrogens (tertiary/aromatic N) is 2. The molecule has 0 radical (unpaired) electrons. The number of aromatic nitrogens is 2. The van der Waals surface area contributed by atoms with Crippen LogP contribution < -0.4 is 5.32 Å². The third kappa shape index (κ3) is 3.37. The Kier molecular flexibility index (Phi) is 4.11. The van der Waals surface area contributed by atoms with E-state index in [0.29, 0.717) is 16.1 Å². The molecule has 0 fully saturated rings. The second-order valence-electron chi connectivity index (χ2n) is 4.87. The van der Waals surface area contributed by atoms with Crippen LogP contribution in [0.15, 0.2) is 36.7 Å². The normalized spacial score (nSPS) is 13.8. The van der Waals surface area contributed by atoms with Crippen LogP contribution in [0, 0.1) is 0 Å². The van der Waals surface area contributed by atoms with E-state index >= 15 is 0 Å². The fourth-order valence-electron chi connectivity index (χ4n) is 1.76. The highest BCUT2D eigenvalue weighted by Gasteiger charge is 2.25. The van der Waals surface area contributed by atoms with Gasteiger partial charge in [0.1, 0.15) is 5.60 Å². The van der Waals surface area contributed by atoms with Crippen LogP contribution in [0.4, 0.5) is 0 Å². The number of carbonyl (C=O) groups is 1. The van der Waals surface area contributed by atoms with E-state index in [0.717, 1.165) is 0 Å². The van der Waals surface area contributed by atoms with Crippen LogP contribution in [0.25, 0.3) is 0 Å². The molecule has 1 amide bonds. The second-order valence-corrected chi connectivity index (χ2v) is 5.30. The number of aliphatic hydroxyl groups is 1. The van der Waals surface area contributed by atoms with E-state index in [9.17, 15) is 9.90 Å². The average Bonchev–Trinajstić information content (AvgIpc) is 2.84. The number of amides is 1. The third-order valence-electron chi connectivity index (χ3n) is 3.03. The van der Waals surface area contributed by atoms with Gasteiger partial charge in [-0.2, -0.15) is 5.10 Å². The van der Waals surface area contributed by atoms with Crippen LogP contribution in [0.3, 0.4) is 0 Å². The van der Waals surface area contributed by atoms with Crippen molar-refractivity contribution in [2.75, 3.05) is 6.54 Å². The van der Waals surface area contributed by atoms with Crippen LogP contribution in [-0.4, -0.2) is 27.3 Å². The Morgan fingerprint density at radius 3 is 2.65 bits per heavy atom. The van der Waals surface area contributed by atoms with Gasteiger partial charge in [0, 0.05) is 29.4 Å². The Morgan fingerprint density at radius 1 is 1.45 bits per heavy atom. The molecule has 1 atom stereocenters. The van der Waals surface area contributed by atoms with E-state index in [2.05, 4.69) is 10.4 Å². The van der Waals surface area contributed by atoms with Crippen molar-refractivity contribution in [1.82, 2.24) is 15.1 Å². The number of nitrogens with one attached hydrogen (secondary N) is 1. The minimum Gasteiger partial charge on any atom is -0.383 e. The van der Waals surface area contributed by atoms with Crippen molar-refractivity contribution in [3.8, 4) is 0 Å². The minimum absolute atomic E-state index is 0.0974. The number of rotatable bonds is 4. The van der Waals surface area contributed by atoms with Gasteiger partial charge in [-0.3, -0.25) is 9.48 Å². The van der Waals surface area contributed by atoms with Crippen LogP contribution in [0.2, 0.25) is 5.02 Å². The minimum atomic E-state index is -1.17. The van der Waals surface area contributed by atoms with Gasteiger partial charge in [-0.15, -0.1) is 0 Å². The summed E-state index contributed by atoms with van der Waals surface area (Å²) in [6, 6.07) is 6.57. The summed E-state index contributed by atoms with van der Waals surface area (Å²) in [7, 11) is 1.77. The largest absolute Gasteiger partial charge is 0.383 e. The van der Waals surface area contributed by atoms with Crippen LogP contribution in [0.5, 0.6) is 0 Å². The van der Waals surface area contributed by atoms with Gasteiger partial charge in [-0.1, -0.05) is 11.6 Å². The van der Waals surface area contributed by atoms with Gasteiger partial charge in [-0.05, 0) is 31.2 Å². The molecule has 20 heavy (non-hydrogen) atoms. The molecule has 2 aromatic rings. The zero-order valence-electron chi connectivity index (χ0n) is 11.3. The van der Waals surface area contributed by atoms with Gasteiger partial charge < -0.3 is 10.4 Å². The highest BCUT2D eigenvalue weighted by molar-refractivity contribution is 6.30. The fourth-order valence-corrected chi connectivity index (χ4v) is 1.88. The monoisotopic (exact) mass is 293 g/mol. The Balaban J connectivity index is 2.00. The zero-order chi connectivity index (χ0) is 14.8. The lowest BCUT2D eigenvalue weighted by Gasteiger charge is -2.22. The van der Waals surface area contributed by atoms with Crippen molar-refractivity contribution < 1.29 is 9.90 Å². The summed E-state index contributed by atoms with van der Waals surface area (Å²) in [6.07, 6.45) is 3.29. The van der Waals surface area contributed by atoms with Gasteiger partial charge in [0.2, 0.25) is 0 Å². The Hall–Kier alpha value is -1.85. The lowest BCUT2D eigenvalue weighted by molar-refractivity contribution is 0.0526. The molecular formula is C14H16ClN3O2. The second kappa shape index (κ2) is 5.64. The van der Waals surface area contributed by atoms with Crippen molar-refractivity contribution in [1.29, 1.82) is 0 Å². The summed E-state index contributed by atoms with van der Waals surface area (Å²) in [4.78, 5) is 12.0. The standard InChI is InChI=1S/C14H16ClN3O2/c1-14(20,11-7-17-18(2)8-11)9-16-13(19)10-3-5-12(15)6-4-10/h3-8,20H,9H2,1-2H3,(H,16,19). The SMILES string of the molecule is Cn1cc(C(C)(O)CNC(=O)c2ccc(Cl)cc2)cn1. The van der Waals surface area contributed by atoms with Crippen molar-refractivity contribution in [2.24, 2.45) is 7.05 Å². The van der Waals surface area contributed by atoms with Crippen LogP contribution >= 0.6 is 11.6 Å². The molecule has 0 saturated carbocycles. The maximum Gasteiger partial charge on any atom is 0.251 e. The number of carbonyl (C=O) groups excluding carboxylic acids is 1. The Bertz CT molecular complexity index is 605. The first kappa shape index (κ1) is 14.6. The summed E-state index contributed by atoms with van der Waals surface area (Å²) >= 11 is 5.77. The third-order valence-corrected chi connectivity index (χ3v) is 3.28. The highest BCUT2D eigenvalue weighted by atomic mass is 35.5. The molecule has 1 heterocycles. The van der Waals surface area contributed by atoms with E-state index in [1.807, 2.05) is 0 Å². The molecule has 1 aromatic heterocycles. The molecule has 1 unspecified atom stereocenters. The number of hydrogen-bond donors (Lipinski definition) is 2. The predicted molar refractivity (Wildman–Crippen MR) is 76.6 cm³/mol. The Labute approximate surface area is 122 Å². The van der Waals surface area contributed by atoms with Crippen molar-refractivity contribution in [3.05, 3.63) is 52.8 Å². The molecule has 0 aliphatic rings. The number of hydrogen-bond acceptors (Lipinski definition) is 3. The van der Waals surface area contributed by atoms with E-state index in [1.165, 1.54) is 0 Å². The van der Waals surface area contributed by atoms with E-state index in [1.54, 1.807) is 55.3 Å². The summed E-state index contributed by atoms with van der Waals surface area (Å²) in [5.41, 5.74) is -0.0242. The molecule has 106 valence electrons. The number of halogens is 1. The zero-order valence-corrected chi connectivity index (χ0v) is 12.1. The molecule has 0 aliphatic carbocycles. The lowest BCUT2D eigenvalue weighted by atomic mass is 9.99. The first-order chi connectivity index (χ1) is 9.38. The predicted octanol–water partition coefficient (Wildman–Crippen LogP) is 1.71. The molecule has 2 N–H and O–H groups in total. The van der Waals surface area contributed by atoms with E-state index in [4.69, 9.17) is 11.6 Å². The molecule has 0 saturated heterocycles. The summed E-state index contributed by atoms with van der Waals surface area (Å²) in [5.74, 6) is -0.258. The molecule has 1 aromatic carbocycles. The molecule has 6 heteroatoms. The molecular weight excluding hydrogens is 278 g/mol. The van der Waals surface area contributed by atoms with Crippen molar-refractivity contribution >= 4 is 17.5 Å². The van der Waals surface area contributed by atoms with Gasteiger partial charge >= 0.3 is 0 Å². The quantitative estimate of drug-likeness (QED) is 0.902. The van der Waals surface area contributed by atoms with Gasteiger partial charge in [-0.25, -0.2) is 0 Å². The lowest BCUT2D eigenvalue weighted by Crippen LogP contribution is -2.38. The summed E-state index contributed by atoms with van der Waals surface area (Å²) in [5, 5.41) is 17.6. The first-order valence-corrected chi connectivity index (χ1v) is 6.51. The van der Waals surface area contributed by atoms with Gasteiger partial charge in [0.15, 0.2) is 0 Å². The van der Waals surface area contributed by atoms with Crippen LogP contribution in [-0.2, 0) is 12.6 Å². The maximum atomic E-state index is 12.0.